The van der Waals surface area contributed by atoms with Gasteiger partial charge in [-0.2, -0.15) is 9.57 Å². The van der Waals surface area contributed by atoms with E-state index in [1.165, 1.54) is 4.31 Å². The summed E-state index contributed by atoms with van der Waals surface area (Å²) in [7, 11) is -3.82. The van der Waals surface area contributed by atoms with E-state index in [4.69, 9.17) is 21.8 Å². The number of carbonyl (C=O) groups is 1. The van der Waals surface area contributed by atoms with Crippen LogP contribution in [0.1, 0.15) is 24.2 Å². The van der Waals surface area contributed by atoms with Gasteiger partial charge in [-0.15, -0.1) is 11.3 Å². The second-order valence-corrected chi connectivity index (χ2v) is 11.9. The first-order valence-electron chi connectivity index (χ1n) is 11.3. The number of amides is 1. The van der Waals surface area contributed by atoms with Crippen molar-refractivity contribution < 1.29 is 13.2 Å². The van der Waals surface area contributed by atoms with Gasteiger partial charge in [-0.05, 0) is 47.7 Å². The van der Waals surface area contributed by atoms with Gasteiger partial charge in [-0.3, -0.25) is 4.79 Å². The van der Waals surface area contributed by atoms with Crippen molar-refractivity contribution >= 4 is 55.6 Å². The highest BCUT2D eigenvalue weighted by molar-refractivity contribution is 7.91. The molecule has 36 heavy (non-hydrogen) atoms. The molecule has 8 nitrogen and oxygen atoms in total. The minimum atomic E-state index is -3.82. The number of anilines is 1. The number of halogens is 1. The van der Waals surface area contributed by atoms with Gasteiger partial charge in [-0.25, -0.2) is 13.4 Å². The monoisotopic (exact) mass is 539 g/mol. The maximum Gasteiger partial charge on any atom is 0.253 e. The molecule has 2 aromatic carbocycles. The van der Waals surface area contributed by atoms with Crippen molar-refractivity contribution in [1.29, 1.82) is 5.26 Å². The molecule has 2 aromatic heterocycles. The second kappa shape index (κ2) is 10.0. The van der Waals surface area contributed by atoms with Gasteiger partial charge >= 0.3 is 0 Å². The van der Waals surface area contributed by atoms with Crippen LogP contribution in [0.3, 0.4) is 0 Å². The molecule has 11 heteroatoms. The average Bonchev–Trinajstić information content (AvgIpc) is 3.48. The fraction of sp³-hybridized carbons (Fsp3) is 0.240. The smallest absolute Gasteiger partial charge is 0.253 e. The minimum absolute atomic E-state index is 0.0901. The SMILES string of the molecule is N#CCCCn1c(CN2C(=O)CN(S(=O)(=O)c3cccs3)Cc3ccccc32)nc2cc(Cl)ccc21. The third kappa shape index (κ3) is 4.63. The summed E-state index contributed by atoms with van der Waals surface area (Å²) in [6.07, 6.45) is 1.03. The third-order valence-electron chi connectivity index (χ3n) is 6.09. The van der Waals surface area contributed by atoms with Crippen LogP contribution in [0.2, 0.25) is 5.02 Å². The number of aromatic nitrogens is 2. The van der Waals surface area contributed by atoms with E-state index in [9.17, 15) is 13.2 Å². The maximum absolute atomic E-state index is 13.6. The van der Waals surface area contributed by atoms with Crippen molar-refractivity contribution in [3.8, 4) is 6.07 Å². The van der Waals surface area contributed by atoms with Gasteiger partial charge in [-0.1, -0.05) is 35.9 Å². The highest BCUT2D eigenvalue weighted by Crippen LogP contribution is 2.32. The second-order valence-electron chi connectivity index (χ2n) is 8.39. The van der Waals surface area contributed by atoms with Crippen molar-refractivity contribution in [2.75, 3.05) is 11.4 Å². The van der Waals surface area contributed by atoms with Crippen LogP contribution < -0.4 is 4.90 Å². The molecule has 184 valence electrons. The molecule has 5 rings (SSSR count). The number of hydrogen-bond acceptors (Lipinski definition) is 6. The van der Waals surface area contributed by atoms with Gasteiger partial charge < -0.3 is 9.47 Å². The number of para-hydroxylation sites is 1. The van der Waals surface area contributed by atoms with E-state index < -0.39 is 10.0 Å². The Hall–Kier alpha value is -3.23. The quantitative estimate of drug-likeness (QED) is 0.314. The molecular formula is C25H22ClN5O3S2. The third-order valence-corrected chi connectivity index (χ3v) is 9.49. The van der Waals surface area contributed by atoms with Gasteiger partial charge in [0.25, 0.3) is 10.0 Å². The van der Waals surface area contributed by atoms with Crippen LogP contribution in [0.25, 0.3) is 11.0 Å². The molecule has 0 aliphatic carbocycles. The summed E-state index contributed by atoms with van der Waals surface area (Å²) in [5, 5.41) is 11.3. The van der Waals surface area contributed by atoms with E-state index in [1.807, 2.05) is 34.9 Å². The predicted molar refractivity (Wildman–Crippen MR) is 139 cm³/mol. The van der Waals surface area contributed by atoms with Crippen LogP contribution in [0.4, 0.5) is 5.69 Å². The largest absolute Gasteiger partial charge is 0.326 e. The van der Waals surface area contributed by atoms with Crippen LogP contribution in [0.5, 0.6) is 0 Å². The number of nitriles is 1. The van der Waals surface area contributed by atoms with E-state index in [0.29, 0.717) is 41.4 Å². The maximum atomic E-state index is 13.6. The van der Waals surface area contributed by atoms with Gasteiger partial charge in [0.15, 0.2) is 0 Å². The predicted octanol–water partition coefficient (Wildman–Crippen LogP) is 4.79. The first-order chi connectivity index (χ1) is 17.4. The van der Waals surface area contributed by atoms with Crippen LogP contribution in [0.15, 0.2) is 64.2 Å². The van der Waals surface area contributed by atoms with Crippen molar-refractivity contribution in [2.24, 2.45) is 0 Å². The number of nitrogens with zero attached hydrogens (tertiary/aromatic N) is 5. The fourth-order valence-electron chi connectivity index (χ4n) is 4.39. The van der Waals surface area contributed by atoms with Gasteiger partial charge in [0.1, 0.15) is 10.0 Å². The Labute approximate surface area is 218 Å². The average molecular weight is 540 g/mol. The lowest BCUT2D eigenvalue weighted by atomic mass is 10.1. The lowest BCUT2D eigenvalue weighted by Gasteiger charge is -2.23. The molecule has 0 saturated carbocycles. The molecule has 0 radical (unpaired) electrons. The molecule has 0 N–H and O–H groups in total. The van der Waals surface area contributed by atoms with Crippen molar-refractivity contribution in [3.63, 3.8) is 0 Å². The van der Waals surface area contributed by atoms with Crippen molar-refractivity contribution in [2.45, 2.75) is 36.7 Å². The Bertz CT molecular complexity index is 1570. The Morgan fingerprint density at radius 1 is 1.11 bits per heavy atom. The molecule has 0 unspecified atom stereocenters. The molecular weight excluding hydrogens is 518 g/mol. The molecule has 4 aromatic rings. The molecule has 0 atom stereocenters. The van der Waals surface area contributed by atoms with Crippen molar-refractivity contribution in [1.82, 2.24) is 13.9 Å². The van der Waals surface area contributed by atoms with Crippen LogP contribution in [0, 0.1) is 11.3 Å². The highest BCUT2D eigenvalue weighted by Gasteiger charge is 2.34. The fourth-order valence-corrected chi connectivity index (χ4v) is 7.06. The van der Waals surface area contributed by atoms with Crippen LogP contribution in [-0.4, -0.2) is 34.7 Å². The van der Waals surface area contributed by atoms with E-state index in [1.54, 1.807) is 34.5 Å². The van der Waals surface area contributed by atoms with Gasteiger partial charge in [0.05, 0.1) is 30.2 Å². The number of sulfonamides is 1. The van der Waals surface area contributed by atoms with E-state index in [-0.39, 0.29) is 29.8 Å². The van der Waals surface area contributed by atoms with E-state index in [2.05, 4.69) is 6.07 Å². The molecule has 1 aliphatic rings. The number of benzene rings is 2. The number of unbranched alkanes of at least 4 members (excludes halogenated alkanes) is 1. The molecule has 1 aliphatic heterocycles. The van der Waals surface area contributed by atoms with Crippen LogP contribution >= 0.6 is 22.9 Å². The zero-order valence-electron chi connectivity index (χ0n) is 19.2. The summed E-state index contributed by atoms with van der Waals surface area (Å²) in [5.74, 6) is 0.302. The molecule has 0 bridgehead atoms. The van der Waals surface area contributed by atoms with E-state index >= 15 is 0 Å². The normalized spacial score (nSPS) is 14.6. The van der Waals surface area contributed by atoms with Gasteiger partial charge in [0.2, 0.25) is 5.91 Å². The molecule has 3 heterocycles. The minimum Gasteiger partial charge on any atom is -0.326 e. The summed E-state index contributed by atoms with van der Waals surface area (Å²) in [5.41, 5.74) is 2.95. The Kier molecular flexibility index (Phi) is 6.81. The van der Waals surface area contributed by atoms with E-state index in [0.717, 1.165) is 22.4 Å². The first-order valence-corrected chi connectivity index (χ1v) is 14.0. The number of rotatable bonds is 7. The molecule has 1 amide bonds. The number of fused-ring (bicyclic) bond motifs is 2. The Balaban J connectivity index is 1.54. The first kappa shape index (κ1) is 24.5. The van der Waals surface area contributed by atoms with Gasteiger partial charge in [0, 0.05) is 30.2 Å². The lowest BCUT2D eigenvalue weighted by molar-refractivity contribution is -0.118. The summed E-state index contributed by atoms with van der Waals surface area (Å²) in [4.78, 5) is 19.9. The summed E-state index contributed by atoms with van der Waals surface area (Å²) in [6, 6.07) is 18.2. The zero-order valence-corrected chi connectivity index (χ0v) is 21.6. The number of carbonyl (C=O) groups excluding carboxylic acids is 1. The summed E-state index contributed by atoms with van der Waals surface area (Å²) < 4.78 is 30.0. The van der Waals surface area contributed by atoms with Crippen LogP contribution in [-0.2, 0) is 34.5 Å². The number of hydrogen-bond donors (Lipinski definition) is 0. The van der Waals surface area contributed by atoms with Crippen molar-refractivity contribution in [3.05, 3.63) is 76.4 Å². The number of imidazole rings is 1. The Morgan fingerprint density at radius 2 is 1.94 bits per heavy atom. The standard InChI is InChI=1S/C25H22ClN5O3S2/c26-19-9-10-22-20(14-19)28-23(30(22)12-4-3-11-27)16-31-21-7-2-1-6-18(21)15-29(17-24(31)32)36(33,34)25-8-5-13-35-25/h1-2,5-10,13-14H,3-4,12,15-17H2. The zero-order chi connectivity index (χ0) is 25.3. The molecule has 0 saturated heterocycles. The lowest BCUT2D eigenvalue weighted by Crippen LogP contribution is -2.39. The topological polar surface area (TPSA) is 99.3 Å². The number of thiophene rings is 1. The summed E-state index contributed by atoms with van der Waals surface area (Å²) in [6.45, 7) is 0.521. The molecule has 0 fully saturated rings. The Morgan fingerprint density at radius 3 is 2.72 bits per heavy atom. The highest BCUT2D eigenvalue weighted by atomic mass is 35.5. The molecule has 0 spiro atoms. The number of aryl methyl sites for hydroxylation is 1. The summed E-state index contributed by atoms with van der Waals surface area (Å²) >= 11 is 7.32.